The summed E-state index contributed by atoms with van der Waals surface area (Å²) in [7, 11) is -4.62. The van der Waals surface area contributed by atoms with Crippen LogP contribution in [0, 0.1) is 15.5 Å². The van der Waals surface area contributed by atoms with Crippen molar-refractivity contribution in [2.75, 3.05) is 56.0 Å². The summed E-state index contributed by atoms with van der Waals surface area (Å²) in [6.45, 7) is 14.7. The third-order valence-electron chi connectivity index (χ3n) is 12.0. The Kier molecular flexibility index (Phi) is 14.4. The molecule has 2 fully saturated rings. The average molecular weight is 948 g/mol. The first-order valence-corrected chi connectivity index (χ1v) is 24.1. The van der Waals surface area contributed by atoms with E-state index >= 15 is 0 Å². The van der Waals surface area contributed by atoms with Crippen LogP contribution in [0.5, 0.6) is 11.5 Å². The normalized spacial score (nSPS) is 17.4. The summed E-state index contributed by atoms with van der Waals surface area (Å²) < 4.78 is 41.3. The molecule has 0 spiro atoms. The lowest BCUT2D eigenvalue weighted by Gasteiger charge is -2.39. The number of carbonyl (C=O) groups excluding carboxylic acids is 2. The fraction of sp³-hybridized carbons (Fsp3) is 0.417. The van der Waals surface area contributed by atoms with E-state index in [2.05, 4.69) is 45.8 Å². The van der Waals surface area contributed by atoms with E-state index < -0.39 is 43.1 Å². The van der Waals surface area contributed by atoms with E-state index in [4.69, 9.17) is 32.7 Å². The fourth-order valence-corrected chi connectivity index (χ4v) is 9.75. The number of hydrogen-bond acceptors (Lipinski definition) is 11. The highest BCUT2D eigenvalue weighted by molar-refractivity contribution is 7.90. The summed E-state index contributed by atoms with van der Waals surface area (Å²) in [6.07, 6.45) is 3.71. The minimum Gasteiger partial charge on any atom is -0.455 e. The number of sulfonamides is 1. The van der Waals surface area contributed by atoms with Crippen molar-refractivity contribution in [2.45, 2.75) is 83.3 Å². The van der Waals surface area contributed by atoms with Crippen LogP contribution in [0.1, 0.15) is 82.6 Å². The number of benzene rings is 4. The molecule has 2 aliphatic heterocycles. The molecule has 1 aliphatic carbocycles. The summed E-state index contributed by atoms with van der Waals surface area (Å²) in [6, 6.07) is 23.1. The van der Waals surface area contributed by atoms with Crippen molar-refractivity contribution in [1.29, 1.82) is 0 Å². The number of amides is 2. The van der Waals surface area contributed by atoms with Gasteiger partial charge in [-0.2, -0.15) is 0 Å². The molecule has 2 amide bonds. The van der Waals surface area contributed by atoms with Crippen molar-refractivity contribution in [2.24, 2.45) is 5.41 Å². The van der Waals surface area contributed by atoms with Gasteiger partial charge >= 0.3 is 6.09 Å². The zero-order valence-electron chi connectivity index (χ0n) is 37.4. The molecule has 65 heavy (non-hydrogen) atoms. The number of nitrogens with zero attached hydrogens (tertiary/aromatic N) is 4. The van der Waals surface area contributed by atoms with Crippen LogP contribution in [-0.4, -0.2) is 92.6 Å². The van der Waals surface area contributed by atoms with Crippen LogP contribution in [0.25, 0.3) is 5.57 Å². The number of piperazine rings is 1. The number of halogens is 2. The minimum atomic E-state index is -4.62. The first kappa shape index (κ1) is 47.6. The molecule has 346 valence electrons. The van der Waals surface area contributed by atoms with Gasteiger partial charge in [-0.05, 0) is 118 Å². The van der Waals surface area contributed by atoms with E-state index in [1.807, 2.05) is 12.1 Å². The Morgan fingerprint density at radius 1 is 0.892 bits per heavy atom. The molecule has 2 saturated heterocycles. The molecular weight excluding hydrogens is 892 g/mol. The Morgan fingerprint density at radius 3 is 2.25 bits per heavy atom. The molecular formula is C48H56Cl2N6O8S. The van der Waals surface area contributed by atoms with E-state index in [1.165, 1.54) is 34.9 Å². The standard InChI is InChI=1S/C48H56Cl2N6O8S/c1-47(2,3)64-46(58)55-22-19-35(20-23-55)51-41-17-15-37(29-42(41)56(59)60)65(61,62)52-45(57)38-16-14-36(28-44(38)63-43-9-7-6-8-40(43)50)54-26-24-53(25-27-54)31-33-18-21-48(4,5)30-39(33)32-10-12-34(49)13-11-32/h6-17,28-29,35,51H,18-27,30-31H2,1-5H3,(H,52,57). The van der Waals surface area contributed by atoms with Crippen LogP contribution in [0.3, 0.4) is 0 Å². The number of allylic oxidation sites excluding steroid dienone is 1. The van der Waals surface area contributed by atoms with E-state index in [0.29, 0.717) is 44.0 Å². The van der Waals surface area contributed by atoms with Crippen LogP contribution in [0.4, 0.5) is 21.9 Å². The van der Waals surface area contributed by atoms with Gasteiger partial charge in [-0.1, -0.05) is 66.9 Å². The van der Waals surface area contributed by atoms with Crippen LogP contribution in [-0.2, 0) is 14.8 Å². The van der Waals surface area contributed by atoms with Crippen LogP contribution >= 0.6 is 23.2 Å². The van der Waals surface area contributed by atoms with Gasteiger partial charge in [-0.15, -0.1) is 0 Å². The monoisotopic (exact) mass is 946 g/mol. The number of hydrogen-bond donors (Lipinski definition) is 2. The molecule has 0 radical (unpaired) electrons. The molecule has 4 aromatic rings. The summed E-state index contributed by atoms with van der Waals surface area (Å²) in [4.78, 5) is 43.8. The molecule has 17 heteroatoms. The second kappa shape index (κ2) is 19.6. The largest absolute Gasteiger partial charge is 0.455 e. The lowest BCUT2D eigenvalue weighted by Crippen LogP contribution is -2.47. The number of nitro groups is 1. The average Bonchev–Trinajstić information content (AvgIpc) is 3.25. The molecule has 14 nitrogen and oxygen atoms in total. The van der Waals surface area contributed by atoms with Crippen LogP contribution in [0.15, 0.2) is 95.4 Å². The number of rotatable bonds is 12. The third kappa shape index (κ3) is 12.1. The van der Waals surface area contributed by atoms with Gasteiger partial charge in [0.15, 0.2) is 0 Å². The zero-order chi connectivity index (χ0) is 46.7. The Balaban J connectivity index is 1.05. The first-order chi connectivity index (χ1) is 30.7. The quantitative estimate of drug-likeness (QED) is 0.103. The van der Waals surface area contributed by atoms with Crippen molar-refractivity contribution in [3.63, 3.8) is 0 Å². The van der Waals surface area contributed by atoms with E-state index in [0.717, 1.165) is 55.7 Å². The SMILES string of the molecule is CC1(C)CCC(CN2CCN(c3ccc(C(=O)NS(=O)(=O)c4ccc(NC5CCN(C(=O)OC(C)(C)C)CC5)c([N+](=O)[O-])c4)c(Oc4ccccc4Cl)c3)CC2)=C(c2ccc(Cl)cc2)C1. The number of likely N-dealkylation sites (tertiary alicyclic amines) is 1. The maximum absolute atomic E-state index is 13.9. The molecule has 0 saturated carbocycles. The van der Waals surface area contributed by atoms with Crippen molar-refractivity contribution in [1.82, 2.24) is 14.5 Å². The topological polar surface area (TPSA) is 164 Å². The van der Waals surface area contributed by atoms with E-state index in [9.17, 15) is 28.1 Å². The number of ether oxygens (including phenoxy) is 2. The number of para-hydroxylation sites is 1. The Morgan fingerprint density at radius 2 is 1.58 bits per heavy atom. The highest BCUT2D eigenvalue weighted by Gasteiger charge is 2.32. The molecule has 0 atom stereocenters. The summed E-state index contributed by atoms with van der Waals surface area (Å²) >= 11 is 12.7. The maximum Gasteiger partial charge on any atom is 0.410 e. The number of nitro benzene ring substituents is 1. The Hall–Kier alpha value is -5.35. The molecule has 2 N–H and O–H groups in total. The number of carbonyl (C=O) groups is 2. The van der Waals surface area contributed by atoms with Gasteiger partial charge in [0.25, 0.3) is 21.6 Å². The maximum atomic E-state index is 13.9. The molecule has 7 rings (SSSR count). The highest BCUT2D eigenvalue weighted by atomic mass is 35.5. The van der Waals surface area contributed by atoms with Gasteiger partial charge in [0, 0.05) is 74.7 Å². The van der Waals surface area contributed by atoms with Crippen molar-refractivity contribution < 1.29 is 32.4 Å². The van der Waals surface area contributed by atoms with Crippen LogP contribution in [0.2, 0.25) is 10.0 Å². The second-order valence-corrected chi connectivity index (χ2v) is 21.2. The predicted octanol–water partition coefficient (Wildman–Crippen LogP) is 10.4. The summed E-state index contributed by atoms with van der Waals surface area (Å²) in [5.41, 5.74) is 3.97. The second-order valence-electron chi connectivity index (χ2n) is 18.7. The molecule has 0 bridgehead atoms. The van der Waals surface area contributed by atoms with Gasteiger partial charge in [0.1, 0.15) is 22.8 Å². The Labute approximate surface area is 391 Å². The molecule has 3 aliphatic rings. The first-order valence-electron chi connectivity index (χ1n) is 21.8. The van der Waals surface area contributed by atoms with Crippen molar-refractivity contribution >= 4 is 67.9 Å². The predicted molar refractivity (Wildman–Crippen MR) is 255 cm³/mol. The van der Waals surface area contributed by atoms with Gasteiger partial charge in [0.2, 0.25) is 0 Å². The van der Waals surface area contributed by atoms with E-state index in [1.54, 1.807) is 62.1 Å². The molecule has 0 unspecified atom stereocenters. The summed E-state index contributed by atoms with van der Waals surface area (Å²) in [5.74, 6) is -0.648. The number of nitrogens with one attached hydrogen (secondary N) is 2. The van der Waals surface area contributed by atoms with Gasteiger partial charge in [0.05, 0.1) is 20.4 Å². The Bertz CT molecular complexity index is 2560. The van der Waals surface area contributed by atoms with Gasteiger partial charge in [-0.3, -0.25) is 19.8 Å². The lowest BCUT2D eigenvalue weighted by atomic mass is 9.72. The fourth-order valence-electron chi connectivity index (χ4n) is 8.46. The molecule has 0 aromatic heterocycles. The van der Waals surface area contributed by atoms with Gasteiger partial charge < -0.3 is 24.6 Å². The zero-order valence-corrected chi connectivity index (χ0v) is 39.7. The summed E-state index contributed by atoms with van der Waals surface area (Å²) in [5, 5.41) is 16.4. The van der Waals surface area contributed by atoms with Crippen molar-refractivity contribution in [3.8, 4) is 11.5 Å². The lowest BCUT2D eigenvalue weighted by molar-refractivity contribution is -0.384. The minimum absolute atomic E-state index is 0.0801. The third-order valence-corrected chi connectivity index (χ3v) is 13.9. The van der Waals surface area contributed by atoms with Crippen molar-refractivity contribution in [3.05, 3.63) is 122 Å². The van der Waals surface area contributed by atoms with Crippen LogP contribution < -0.4 is 19.7 Å². The van der Waals surface area contributed by atoms with E-state index in [-0.39, 0.29) is 34.2 Å². The molecule has 4 aromatic carbocycles. The highest BCUT2D eigenvalue weighted by Crippen LogP contribution is 2.44. The smallest absolute Gasteiger partial charge is 0.410 e. The number of anilines is 2. The number of piperidine rings is 1. The molecule has 2 heterocycles. The van der Waals surface area contributed by atoms with Gasteiger partial charge in [-0.25, -0.2) is 17.9 Å².